The Balaban J connectivity index is 2.57. The van der Waals surface area contributed by atoms with Gasteiger partial charge < -0.3 is 14.6 Å². The Labute approximate surface area is 106 Å². The van der Waals surface area contributed by atoms with E-state index >= 15 is 0 Å². The van der Waals surface area contributed by atoms with E-state index in [-0.39, 0.29) is 17.1 Å². The number of carboxylic acids is 1. The van der Waals surface area contributed by atoms with Crippen LogP contribution in [0, 0.1) is 0 Å². The number of hydrogen-bond donors (Lipinski definition) is 1. The second kappa shape index (κ2) is 4.49. The molecule has 0 fully saturated rings. The Kier molecular flexibility index (Phi) is 3.13. The third kappa shape index (κ3) is 2.35. The smallest absolute Gasteiger partial charge is 0.430 e. The zero-order chi connectivity index (χ0) is 14.2. The lowest BCUT2D eigenvalue weighted by Gasteiger charge is -2.27. The minimum atomic E-state index is -4.82. The van der Waals surface area contributed by atoms with Crippen molar-refractivity contribution < 1.29 is 32.5 Å². The molecule has 7 heteroatoms. The van der Waals surface area contributed by atoms with Crippen molar-refractivity contribution in [1.82, 2.24) is 0 Å². The Morgan fingerprint density at radius 1 is 1.42 bits per heavy atom. The maximum Gasteiger partial charge on any atom is 0.430 e. The fourth-order valence-corrected chi connectivity index (χ4v) is 1.77. The van der Waals surface area contributed by atoms with Crippen molar-refractivity contribution in [3.05, 3.63) is 29.3 Å². The SMILES string of the molecule is COc1cccc2c1OC(C(F)(F)F)C(C(=O)O)=C2. The van der Waals surface area contributed by atoms with Gasteiger partial charge in [0.05, 0.1) is 12.7 Å². The fraction of sp³-hybridized carbons (Fsp3) is 0.250. The standard InChI is InChI=1S/C12H9F3O4/c1-18-8-4-2-3-6-5-7(11(16)17)10(12(13,14)15)19-9(6)8/h2-5,10H,1H3,(H,16,17). The molecule has 1 heterocycles. The predicted molar refractivity (Wildman–Crippen MR) is 59.1 cm³/mol. The number of fused-ring (bicyclic) bond motifs is 1. The lowest BCUT2D eigenvalue weighted by atomic mass is 10.0. The molecule has 0 bridgehead atoms. The van der Waals surface area contributed by atoms with Gasteiger partial charge in [-0.25, -0.2) is 4.79 Å². The quantitative estimate of drug-likeness (QED) is 0.900. The van der Waals surface area contributed by atoms with Crippen LogP contribution >= 0.6 is 0 Å². The molecule has 0 saturated heterocycles. The van der Waals surface area contributed by atoms with Crippen LogP contribution in [0.25, 0.3) is 6.08 Å². The Morgan fingerprint density at radius 2 is 2.11 bits per heavy atom. The van der Waals surface area contributed by atoms with E-state index in [9.17, 15) is 18.0 Å². The number of ether oxygens (including phenoxy) is 2. The van der Waals surface area contributed by atoms with E-state index in [1.807, 2.05) is 0 Å². The number of carboxylic acid groups (broad SMARTS) is 1. The molecular formula is C12H9F3O4. The summed E-state index contributed by atoms with van der Waals surface area (Å²) < 4.78 is 48.1. The summed E-state index contributed by atoms with van der Waals surface area (Å²) in [4.78, 5) is 10.9. The van der Waals surface area contributed by atoms with Crippen molar-refractivity contribution in [2.75, 3.05) is 7.11 Å². The predicted octanol–water partition coefficient (Wildman–Crippen LogP) is 2.49. The molecular weight excluding hydrogens is 265 g/mol. The van der Waals surface area contributed by atoms with E-state index < -0.39 is 23.8 Å². The van der Waals surface area contributed by atoms with Crippen LogP contribution in [0.2, 0.25) is 0 Å². The second-order valence-corrected chi connectivity index (χ2v) is 3.82. The summed E-state index contributed by atoms with van der Waals surface area (Å²) in [6, 6.07) is 4.42. The van der Waals surface area contributed by atoms with Gasteiger partial charge in [0.2, 0.25) is 6.10 Å². The van der Waals surface area contributed by atoms with Gasteiger partial charge in [-0.05, 0) is 12.1 Å². The van der Waals surface area contributed by atoms with Gasteiger partial charge in [0.15, 0.2) is 11.5 Å². The van der Waals surface area contributed by atoms with E-state index in [1.54, 1.807) is 0 Å². The lowest BCUT2D eigenvalue weighted by molar-refractivity contribution is -0.187. The molecule has 19 heavy (non-hydrogen) atoms. The number of benzene rings is 1. The van der Waals surface area contributed by atoms with Crippen LogP contribution in [0.4, 0.5) is 13.2 Å². The maximum atomic E-state index is 12.8. The number of alkyl halides is 3. The number of methoxy groups -OCH3 is 1. The first-order valence-corrected chi connectivity index (χ1v) is 5.20. The van der Waals surface area contributed by atoms with Gasteiger partial charge in [0.25, 0.3) is 0 Å². The van der Waals surface area contributed by atoms with Crippen molar-refractivity contribution in [3.8, 4) is 11.5 Å². The van der Waals surface area contributed by atoms with Crippen molar-refractivity contribution >= 4 is 12.0 Å². The van der Waals surface area contributed by atoms with Crippen LogP contribution in [0.3, 0.4) is 0 Å². The minimum Gasteiger partial charge on any atom is -0.493 e. The third-order valence-electron chi connectivity index (χ3n) is 2.60. The van der Waals surface area contributed by atoms with Crippen LogP contribution in [-0.4, -0.2) is 30.5 Å². The van der Waals surface area contributed by atoms with Crippen LogP contribution in [0.1, 0.15) is 5.56 Å². The molecule has 0 amide bonds. The largest absolute Gasteiger partial charge is 0.493 e. The molecule has 4 nitrogen and oxygen atoms in total. The van der Waals surface area contributed by atoms with E-state index in [4.69, 9.17) is 14.6 Å². The molecule has 102 valence electrons. The number of carbonyl (C=O) groups is 1. The van der Waals surface area contributed by atoms with Gasteiger partial charge in [0.1, 0.15) is 0 Å². The van der Waals surface area contributed by atoms with E-state index in [1.165, 1.54) is 25.3 Å². The number of halogens is 3. The average Bonchev–Trinajstić information content (AvgIpc) is 2.35. The van der Waals surface area contributed by atoms with Gasteiger partial charge in [-0.1, -0.05) is 12.1 Å². The highest BCUT2D eigenvalue weighted by Gasteiger charge is 2.48. The molecule has 1 N–H and O–H groups in total. The van der Waals surface area contributed by atoms with Crippen LogP contribution in [0.15, 0.2) is 23.8 Å². The van der Waals surface area contributed by atoms with Crippen molar-refractivity contribution in [1.29, 1.82) is 0 Å². The summed E-state index contributed by atoms with van der Waals surface area (Å²) in [5.41, 5.74) is -0.620. The molecule has 1 aromatic rings. The van der Waals surface area contributed by atoms with Crippen LogP contribution in [0.5, 0.6) is 11.5 Å². The zero-order valence-electron chi connectivity index (χ0n) is 9.69. The molecule has 1 aromatic carbocycles. The van der Waals surface area contributed by atoms with Gasteiger partial charge in [0, 0.05) is 5.56 Å². The molecule has 1 unspecified atom stereocenters. The molecule has 2 rings (SSSR count). The summed E-state index contributed by atoms with van der Waals surface area (Å²) in [6.45, 7) is 0. The summed E-state index contributed by atoms with van der Waals surface area (Å²) in [6.07, 6.45) is -6.38. The Hall–Kier alpha value is -2.18. The molecule has 1 atom stereocenters. The van der Waals surface area contributed by atoms with Crippen molar-refractivity contribution in [3.63, 3.8) is 0 Å². The first-order valence-electron chi connectivity index (χ1n) is 5.20. The van der Waals surface area contributed by atoms with Crippen LogP contribution in [-0.2, 0) is 4.79 Å². The average molecular weight is 274 g/mol. The van der Waals surface area contributed by atoms with Gasteiger partial charge in [-0.15, -0.1) is 0 Å². The van der Waals surface area contributed by atoms with E-state index in [2.05, 4.69) is 0 Å². The molecule has 0 aliphatic carbocycles. The monoisotopic (exact) mass is 274 g/mol. The topological polar surface area (TPSA) is 55.8 Å². The second-order valence-electron chi connectivity index (χ2n) is 3.82. The van der Waals surface area contributed by atoms with Crippen molar-refractivity contribution in [2.45, 2.75) is 12.3 Å². The number of rotatable bonds is 2. The lowest BCUT2D eigenvalue weighted by Crippen LogP contribution is -2.40. The fourth-order valence-electron chi connectivity index (χ4n) is 1.77. The van der Waals surface area contributed by atoms with Gasteiger partial charge in [-0.2, -0.15) is 13.2 Å². The van der Waals surface area contributed by atoms with Crippen LogP contribution < -0.4 is 9.47 Å². The van der Waals surface area contributed by atoms with Gasteiger partial charge in [-0.3, -0.25) is 0 Å². The Bertz CT molecular complexity index is 548. The van der Waals surface area contributed by atoms with E-state index in [0.717, 1.165) is 6.08 Å². The highest BCUT2D eigenvalue weighted by atomic mass is 19.4. The first kappa shape index (κ1) is 13.3. The minimum absolute atomic E-state index is 0.114. The first-order chi connectivity index (χ1) is 8.84. The summed E-state index contributed by atoms with van der Waals surface area (Å²) in [5, 5.41) is 8.84. The normalized spacial score (nSPS) is 18.1. The molecule has 0 radical (unpaired) electrons. The highest BCUT2D eigenvalue weighted by Crippen LogP contribution is 2.41. The number of para-hydroxylation sites is 1. The van der Waals surface area contributed by atoms with E-state index in [0.29, 0.717) is 0 Å². The zero-order valence-corrected chi connectivity index (χ0v) is 9.69. The molecule has 0 aromatic heterocycles. The third-order valence-corrected chi connectivity index (χ3v) is 2.60. The molecule has 0 spiro atoms. The molecule has 1 aliphatic heterocycles. The highest BCUT2D eigenvalue weighted by molar-refractivity contribution is 5.95. The molecule has 1 aliphatic rings. The summed E-state index contributed by atoms with van der Waals surface area (Å²) in [5.74, 6) is -1.67. The summed E-state index contributed by atoms with van der Waals surface area (Å²) in [7, 11) is 1.29. The molecule has 0 saturated carbocycles. The Morgan fingerprint density at radius 3 is 2.63 bits per heavy atom. The maximum absolute atomic E-state index is 12.8. The number of hydrogen-bond acceptors (Lipinski definition) is 3. The van der Waals surface area contributed by atoms with Crippen molar-refractivity contribution in [2.24, 2.45) is 0 Å². The number of aliphatic carboxylic acids is 1. The van der Waals surface area contributed by atoms with Gasteiger partial charge >= 0.3 is 12.1 Å². The summed E-state index contributed by atoms with van der Waals surface area (Å²) >= 11 is 0.